The smallest absolute Gasteiger partial charge is 0.244 e. The van der Waals surface area contributed by atoms with Gasteiger partial charge < -0.3 is 10.2 Å². The van der Waals surface area contributed by atoms with Crippen LogP contribution >= 0.6 is 11.3 Å². The summed E-state index contributed by atoms with van der Waals surface area (Å²) in [7, 11) is -3.75. The molecule has 0 unspecified atom stereocenters. The van der Waals surface area contributed by atoms with Crippen molar-refractivity contribution in [2.45, 2.75) is 38.1 Å². The number of fused-ring (bicyclic) bond motifs is 1. The molecule has 0 radical (unpaired) electrons. The second-order valence-corrected chi connectivity index (χ2v) is 11.2. The molecule has 4 rings (SSSR count). The number of aryl methyl sites for hydroxylation is 2. The van der Waals surface area contributed by atoms with E-state index in [4.69, 9.17) is 0 Å². The summed E-state index contributed by atoms with van der Waals surface area (Å²) in [5.74, 6) is 0.0160. The van der Waals surface area contributed by atoms with Gasteiger partial charge in [-0.25, -0.2) is 22.8 Å². The second-order valence-electron chi connectivity index (χ2n) is 8.09. The Bertz CT molecular complexity index is 1280. The van der Waals surface area contributed by atoms with E-state index in [0.717, 1.165) is 32.8 Å². The monoisotopic (exact) mass is 491 g/mol. The third kappa shape index (κ3) is 4.71. The predicted octanol–water partition coefficient (Wildman–Crippen LogP) is 3.17. The van der Waals surface area contributed by atoms with Crippen LogP contribution < -0.4 is 5.32 Å². The molecule has 3 heterocycles. The number of benzene rings is 1. The zero-order valence-corrected chi connectivity index (χ0v) is 20.3. The van der Waals surface area contributed by atoms with E-state index in [0.29, 0.717) is 25.3 Å². The van der Waals surface area contributed by atoms with Gasteiger partial charge in [-0.1, -0.05) is 0 Å². The van der Waals surface area contributed by atoms with Crippen LogP contribution in [0, 0.1) is 19.7 Å². The van der Waals surface area contributed by atoms with Gasteiger partial charge in [0.2, 0.25) is 15.9 Å². The van der Waals surface area contributed by atoms with Crippen molar-refractivity contribution in [3.63, 3.8) is 0 Å². The first-order valence-corrected chi connectivity index (χ1v) is 13.0. The molecule has 33 heavy (non-hydrogen) atoms. The Labute approximate surface area is 196 Å². The molecule has 2 aromatic heterocycles. The van der Waals surface area contributed by atoms with Crippen LogP contribution in [0.2, 0.25) is 0 Å². The Morgan fingerprint density at radius 2 is 1.85 bits per heavy atom. The molecule has 0 aliphatic carbocycles. The number of sulfonamides is 1. The number of rotatable bonds is 5. The van der Waals surface area contributed by atoms with Crippen molar-refractivity contribution in [1.82, 2.24) is 19.2 Å². The molecule has 11 heteroatoms. The maximum absolute atomic E-state index is 13.2. The van der Waals surface area contributed by atoms with E-state index in [9.17, 15) is 17.6 Å². The van der Waals surface area contributed by atoms with Gasteiger partial charge in [-0.2, -0.15) is 4.31 Å². The van der Waals surface area contributed by atoms with Crippen molar-refractivity contribution >= 4 is 43.3 Å². The van der Waals surface area contributed by atoms with Gasteiger partial charge in [-0.3, -0.25) is 4.79 Å². The first kappa shape index (κ1) is 23.5. The lowest BCUT2D eigenvalue weighted by Crippen LogP contribution is -2.43. The van der Waals surface area contributed by atoms with Crippen LogP contribution in [0.4, 0.5) is 10.2 Å². The van der Waals surface area contributed by atoms with Crippen molar-refractivity contribution in [2.24, 2.45) is 0 Å². The van der Waals surface area contributed by atoms with Crippen molar-refractivity contribution in [3.8, 4) is 0 Å². The van der Waals surface area contributed by atoms with Gasteiger partial charge in [0.1, 0.15) is 28.8 Å². The van der Waals surface area contributed by atoms with Gasteiger partial charge >= 0.3 is 0 Å². The lowest BCUT2D eigenvalue weighted by atomic mass is 10.2. The Hall–Kier alpha value is -2.63. The molecular weight excluding hydrogens is 465 g/mol. The third-order valence-corrected chi connectivity index (χ3v) is 8.94. The molecule has 0 spiro atoms. The van der Waals surface area contributed by atoms with Gasteiger partial charge in [0.05, 0.1) is 10.3 Å². The van der Waals surface area contributed by atoms with E-state index in [1.807, 2.05) is 13.8 Å². The van der Waals surface area contributed by atoms with E-state index >= 15 is 0 Å². The number of nitrogens with zero attached hydrogens (tertiary/aromatic N) is 4. The highest BCUT2D eigenvalue weighted by Crippen LogP contribution is 2.32. The SMILES string of the molecule is Cc1sc2ncnc(N[C@@H](C)C(=O)N3CCCN(S(=O)(=O)c4ccc(F)cc4)CC3)c2c1C. The van der Waals surface area contributed by atoms with Crippen LogP contribution in [-0.4, -0.2) is 65.7 Å². The molecular formula is C22H26FN5O3S2. The van der Waals surface area contributed by atoms with Crippen molar-refractivity contribution in [3.05, 3.63) is 46.9 Å². The normalized spacial score (nSPS) is 16.5. The number of hydrogen-bond acceptors (Lipinski definition) is 7. The molecule has 1 atom stereocenters. The lowest BCUT2D eigenvalue weighted by molar-refractivity contribution is -0.131. The molecule has 1 amide bonds. The van der Waals surface area contributed by atoms with Gasteiger partial charge in [0, 0.05) is 31.1 Å². The van der Waals surface area contributed by atoms with Crippen LogP contribution in [0.25, 0.3) is 10.2 Å². The lowest BCUT2D eigenvalue weighted by Gasteiger charge is -2.25. The Kier molecular flexibility index (Phi) is 6.64. The average molecular weight is 492 g/mol. The average Bonchev–Trinajstić information content (AvgIpc) is 2.95. The number of thiophene rings is 1. The number of amides is 1. The van der Waals surface area contributed by atoms with E-state index in [-0.39, 0.29) is 23.9 Å². The molecule has 1 aliphatic heterocycles. The molecule has 1 saturated heterocycles. The number of hydrogen-bond donors (Lipinski definition) is 1. The molecule has 3 aromatic rings. The summed E-state index contributed by atoms with van der Waals surface area (Å²) in [6.45, 7) is 7.03. The van der Waals surface area contributed by atoms with E-state index in [1.54, 1.807) is 23.2 Å². The van der Waals surface area contributed by atoms with Gasteiger partial charge in [-0.05, 0) is 57.0 Å². The quantitative estimate of drug-likeness (QED) is 0.589. The molecule has 1 aromatic carbocycles. The number of nitrogens with one attached hydrogen (secondary N) is 1. The van der Waals surface area contributed by atoms with Crippen molar-refractivity contribution < 1.29 is 17.6 Å². The van der Waals surface area contributed by atoms with Crippen molar-refractivity contribution in [1.29, 1.82) is 0 Å². The molecule has 1 fully saturated rings. The summed E-state index contributed by atoms with van der Waals surface area (Å²) in [6.07, 6.45) is 2.00. The zero-order chi connectivity index (χ0) is 23.8. The maximum Gasteiger partial charge on any atom is 0.244 e. The predicted molar refractivity (Wildman–Crippen MR) is 126 cm³/mol. The molecule has 0 bridgehead atoms. The zero-order valence-electron chi connectivity index (χ0n) is 18.7. The molecule has 8 nitrogen and oxygen atoms in total. The van der Waals surface area contributed by atoms with Crippen LogP contribution in [0.3, 0.4) is 0 Å². The minimum Gasteiger partial charge on any atom is -0.358 e. The third-order valence-electron chi connectivity index (χ3n) is 5.91. The van der Waals surface area contributed by atoms with Gasteiger partial charge in [0.15, 0.2) is 0 Å². The van der Waals surface area contributed by atoms with E-state index in [1.165, 1.54) is 22.8 Å². The minimum absolute atomic E-state index is 0.0490. The number of halogens is 1. The van der Waals surface area contributed by atoms with E-state index < -0.39 is 21.9 Å². The highest BCUT2D eigenvalue weighted by atomic mass is 32.2. The number of aromatic nitrogens is 2. The van der Waals surface area contributed by atoms with Crippen LogP contribution in [0.5, 0.6) is 0 Å². The fraction of sp³-hybridized carbons (Fsp3) is 0.409. The number of anilines is 1. The minimum atomic E-state index is -3.75. The summed E-state index contributed by atoms with van der Waals surface area (Å²) in [4.78, 5) is 25.6. The summed E-state index contributed by atoms with van der Waals surface area (Å²) < 4.78 is 40.4. The summed E-state index contributed by atoms with van der Waals surface area (Å²) >= 11 is 1.59. The molecule has 176 valence electrons. The number of carbonyl (C=O) groups excluding carboxylic acids is 1. The fourth-order valence-electron chi connectivity index (χ4n) is 3.94. The highest BCUT2D eigenvalue weighted by Gasteiger charge is 2.30. The van der Waals surface area contributed by atoms with Crippen molar-refractivity contribution in [2.75, 3.05) is 31.5 Å². The van der Waals surface area contributed by atoms with Gasteiger partial charge in [0.25, 0.3) is 0 Å². The van der Waals surface area contributed by atoms with E-state index in [2.05, 4.69) is 15.3 Å². The summed E-state index contributed by atoms with van der Waals surface area (Å²) in [6, 6.07) is 4.26. The van der Waals surface area contributed by atoms with Gasteiger partial charge in [-0.15, -0.1) is 11.3 Å². The standard InChI is InChI=1S/C22H26FN5O3S2/c1-14-16(3)32-21-19(14)20(24-13-25-21)26-15(2)22(29)27-9-4-10-28(12-11-27)33(30,31)18-7-5-17(23)6-8-18/h5-8,13,15H,4,9-12H2,1-3H3,(H,24,25,26)/t15-/m0/s1. The van der Waals surface area contributed by atoms with Crippen LogP contribution in [0.1, 0.15) is 23.8 Å². The highest BCUT2D eigenvalue weighted by molar-refractivity contribution is 7.89. The number of carbonyl (C=O) groups is 1. The Morgan fingerprint density at radius 1 is 1.12 bits per heavy atom. The first-order chi connectivity index (χ1) is 15.7. The van der Waals surface area contributed by atoms with Crippen LogP contribution in [-0.2, 0) is 14.8 Å². The Morgan fingerprint density at radius 3 is 2.58 bits per heavy atom. The largest absolute Gasteiger partial charge is 0.358 e. The molecule has 0 saturated carbocycles. The Balaban J connectivity index is 1.45. The van der Waals surface area contributed by atoms with Crippen LogP contribution in [0.15, 0.2) is 35.5 Å². The maximum atomic E-state index is 13.2. The summed E-state index contributed by atoms with van der Waals surface area (Å²) in [5.41, 5.74) is 1.09. The second kappa shape index (κ2) is 9.32. The summed E-state index contributed by atoms with van der Waals surface area (Å²) in [5, 5.41) is 4.15. The topological polar surface area (TPSA) is 95.5 Å². The fourth-order valence-corrected chi connectivity index (χ4v) is 6.41. The molecule has 1 N–H and O–H groups in total. The molecule has 1 aliphatic rings. The first-order valence-electron chi connectivity index (χ1n) is 10.7.